The molecule has 0 unspecified atom stereocenters. The number of nitrogens with one attached hydrogen (secondary N) is 1. The molecule has 17 heavy (non-hydrogen) atoms. The van der Waals surface area contributed by atoms with Gasteiger partial charge in [0.15, 0.2) is 0 Å². The van der Waals surface area contributed by atoms with E-state index in [9.17, 15) is 5.11 Å². The predicted molar refractivity (Wildman–Crippen MR) is 68.8 cm³/mol. The number of rotatable bonds is 5. The SMILES string of the molecule is OC1(CNCCc2ccccn2)CCCCC1. The number of pyridine rings is 1. The molecule has 1 saturated carbocycles. The van der Waals surface area contributed by atoms with Crippen LogP contribution in [0.15, 0.2) is 24.4 Å². The third-order valence-electron chi connectivity index (χ3n) is 3.52. The summed E-state index contributed by atoms with van der Waals surface area (Å²) in [7, 11) is 0. The van der Waals surface area contributed by atoms with Crippen LogP contribution in [0.1, 0.15) is 37.8 Å². The Morgan fingerprint density at radius 3 is 2.76 bits per heavy atom. The summed E-state index contributed by atoms with van der Waals surface area (Å²) in [5.41, 5.74) is 0.651. The Hall–Kier alpha value is -0.930. The Morgan fingerprint density at radius 1 is 1.24 bits per heavy atom. The minimum atomic E-state index is -0.456. The average Bonchev–Trinajstić information content (AvgIpc) is 2.37. The minimum absolute atomic E-state index is 0.456. The van der Waals surface area contributed by atoms with Crippen molar-refractivity contribution in [3.63, 3.8) is 0 Å². The molecule has 1 fully saturated rings. The molecule has 94 valence electrons. The lowest BCUT2D eigenvalue weighted by molar-refractivity contribution is 0.00516. The molecule has 1 aliphatic rings. The molecule has 0 aliphatic heterocycles. The second-order valence-corrected chi connectivity index (χ2v) is 5.03. The Kier molecular flexibility index (Phi) is 4.51. The molecule has 1 aliphatic carbocycles. The van der Waals surface area contributed by atoms with E-state index in [1.165, 1.54) is 19.3 Å². The van der Waals surface area contributed by atoms with E-state index in [0.29, 0.717) is 0 Å². The van der Waals surface area contributed by atoms with Crippen molar-refractivity contribution in [2.45, 2.75) is 44.1 Å². The highest BCUT2D eigenvalue weighted by Gasteiger charge is 2.28. The molecule has 0 amide bonds. The van der Waals surface area contributed by atoms with E-state index in [4.69, 9.17) is 0 Å². The Bertz CT molecular complexity index is 320. The lowest BCUT2D eigenvalue weighted by Gasteiger charge is -2.32. The molecular formula is C14H22N2O. The molecule has 1 aromatic rings. The molecule has 0 saturated heterocycles. The molecule has 2 N–H and O–H groups in total. The Morgan fingerprint density at radius 2 is 2.06 bits per heavy atom. The summed E-state index contributed by atoms with van der Waals surface area (Å²) >= 11 is 0. The quantitative estimate of drug-likeness (QED) is 0.765. The van der Waals surface area contributed by atoms with Crippen LogP contribution in [0.5, 0.6) is 0 Å². The van der Waals surface area contributed by atoms with E-state index in [2.05, 4.69) is 10.3 Å². The highest BCUT2D eigenvalue weighted by Crippen LogP contribution is 2.27. The summed E-state index contributed by atoms with van der Waals surface area (Å²) in [5, 5.41) is 13.6. The van der Waals surface area contributed by atoms with E-state index in [1.807, 2.05) is 24.4 Å². The van der Waals surface area contributed by atoms with Crippen LogP contribution in [0.4, 0.5) is 0 Å². The Balaban J connectivity index is 1.66. The van der Waals surface area contributed by atoms with Crippen LogP contribution < -0.4 is 5.32 Å². The van der Waals surface area contributed by atoms with Crippen LogP contribution >= 0.6 is 0 Å². The van der Waals surface area contributed by atoms with Crippen LogP contribution in [0.3, 0.4) is 0 Å². The summed E-state index contributed by atoms with van der Waals surface area (Å²) in [5.74, 6) is 0. The van der Waals surface area contributed by atoms with Gasteiger partial charge in [-0.25, -0.2) is 0 Å². The highest BCUT2D eigenvalue weighted by atomic mass is 16.3. The van der Waals surface area contributed by atoms with E-state index in [1.54, 1.807) is 0 Å². The second kappa shape index (κ2) is 6.12. The normalized spacial score (nSPS) is 19.1. The standard InChI is InChI=1S/C14H22N2O/c17-14(8-3-1-4-9-14)12-15-11-7-13-6-2-5-10-16-13/h2,5-6,10,15,17H,1,3-4,7-9,11-12H2. The van der Waals surface area contributed by atoms with Crippen LogP contribution in [-0.4, -0.2) is 28.8 Å². The van der Waals surface area contributed by atoms with Crippen LogP contribution in [0, 0.1) is 0 Å². The first-order chi connectivity index (χ1) is 8.29. The van der Waals surface area contributed by atoms with Crippen molar-refractivity contribution in [1.82, 2.24) is 10.3 Å². The maximum Gasteiger partial charge on any atom is 0.0771 e. The number of aliphatic hydroxyl groups is 1. The molecule has 0 bridgehead atoms. The van der Waals surface area contributed by atoms with Crippen molar-refractivity contribution in [2.75, 3.05) is 13.1 Å². The topological polar surface area (TPSA) is 45.1 Å². The highest BCUT2D eigenvalue weighted by molar-refractivity contribution is 5.03. The summed E-state index contributed by atoms with van der Waals surface area (Å²) < 4.78 is 0. The van der Waals surface area contributed by atoms with Crippen molar-refractivity contribution in [2.24, 2.45) is 0 Å². The van der Waals surface area contributed by atoms with Gasteiger partial charge in [-0.3, -0.25) is 4.98 Å². The first kappa shape index (κ1) is 12.5. The summed E-state index contributed by atoms with van der Waals surface area (Å²) in [4.78, 5) is 4.28. The first-order valence-electron chi connectivity index (χ1n) is 6.62. The third-order valence-corrected chi connectivity index (χ3v) is 3.52. The van der Waals surface area contributed by atoms with Crippen molar-refractivity contribution in [1.29, 1.82) is 0 Å². The van der Waals surface area contributed by atoms with E-state index >= 15 is 0 Å². The smallest absolute Gasteiger partial charge is 0.0771 e. The molecule has 3 heteroatoms. The maximum absolute atomic E-state index is 10.3. The molecule has 0 atom stereocenters. The van der Waals surface area contributed by atoms with E-state index in [-0.39, 0.29) is 0 Å². The number of aromatic nitrogens is 1. The monoisotopic (exact) mass is 234 g/mol. The number of hydrogen-bond donors (Lipinski definition) is 2. The van der Waals surface area contributed by atoms with Crippen LogP contribution in [0.2, 0.25) is 0 Å². The minimum Gasteiger partial charge on any atom is -0.389 e. The largest absolute Gasteiger partial charge is 0.389 e. The summed E-state index contributed by atoms with van der Waals surface area (Å²) in [6, 6.07) is 5.98. The molecule has 0 spiro atoms. The van der Waals surface area contributed by atoms with Crippen molar-refractivity contribution in [3.05, 3.63) is 30.1 Å². The van der Waals surface area contributed by atoms with Gasteiger partial charge >= 0.3 is 0 Å². The molecule has 1 aromatic heterocycles. The van der Waals surface area contributed by atoms with Crippen molar-refractivity contribution < 1.29 is 5.11 Å². The van der Waals surface area contributed by atoms with E-state index < -0.39 is 5.60 Å². The zero-order valence-corrected chi connectivity index (χ0v) is 10.4. The molecule has 0 aromatic carbocycles. The molecular weight excluding hydrogens is 212 g/mol. The Labute approximate surface area is 103 Å². The first-order valence-corrected chi connectivity index (χ1v) is 6.62. The van der Waals surface area contributed by atoms with Gasteiger partial charge in [-0.1, -0.05) is 25.3 Å². The second-order valence-electron chi connectivity index (χ2n) is 5.03. The lowest BCUT2D eigenvalue weighted by Crippen LogP contribution is -2.42. The lowest BCUT2D eigenvalue weighted by atomic mass is 9.85. The van der Waals surface area contributed by atoms with Crippen LogP contribution in [0.25, 0.3) is 0 Å². The van der Waals surface area contributed by atoms with Gasteiger partial charge in [0.2, 0.25) is 0 Å². The number of hydrogen-bond acceptors (Lipinski definition) is 3. The fourth-order valence-electron chi connectivity index (χ4n) is 2.47. The van der Waals surface area contributed by atoms with Gasteiger partial charge in [0.05, 0.1) is 5.60 Å². The van der Waals surface area contributed by atoms with Gasteiger partial charge in [-0.15, -0.1) is 0 Å². The third kappa shape index (κ3) is 4.10. The molecule has 3 nitrogen and oxygen atoms in total. The van der Waals surface area contributed by atoms with Gasteiger partial charge in [-0.2, -0.15) is 0 Å². The zero-order valence-electron chi connectivity index (χ0n) is 10.4. The van der Waals surface area contributed by atoms with Gasteiger partial charge in [0.1, 0.15) is 0 Å². The zero-order chi connectivity index (χ0) is 12.0. The maximum atomic E-state index is 10.3. The van der Waals surface area contributed by atoms with Crippen molar-refractivity contribution in [3.8, 4) is 0 Å². The van der Waals surface area contributed by atoms with Gasteiger partial charge < -0.3 is 10.4 Å². The summed E-state index contributed by atoms with van der Waals surface area (Å²) in [6.45, 7) is 1.61. The average molecular weight is 234 g/mol. The van der Waals surface area contributed by atoms with E-state index in [0.717, 1.165) is 38.0 Å². The van der Waals surface area contributed by atoms with Gasteiger partial charge in [0, 0.05) is 31.4 Å². The molecule has 1 heterocycles. The fourth-order valence-corrected chi connectivity index (χ4v) is 2.47. The van der Waals surface area contributed by atoms with Gasteiger partial charge in [-0.05, 0) is 25.0 Å². The van der Waals surface area contributed by atoms with Crippen LogP contribution in [-0.2, 0) is 6.42 Å². The fraction of sp³-hybridized carbons (Fsp3) is 0.643. The number of nitrogens with zero attached hydrogens (tertiary/aromatic N) is 1. The summed E-state index contributed by atoms with van der Waals surface area (Å²) in [6.07, 6.45) is 8.25. The van der Waals surface area contributed by atoms with Crippen molar-refractivity contribution >= 4 is 0 Å². The van der Waals surface area contributed by atoms with Gasteiger partial charge in [0.25, 0.3) is 0 Å². The molecule has 2 rings (SSSR count). The predicted octanol–water partition coefficient (Wildman–Crippen LogP) is 1.91. The molecule has 0 radical (unpaired) electrons.